The molecule has 55 valence electrons. The van der Waals surface area contributed by atoms with Gasteiger partial charge in [0.05, 0.1) is 0 Å². The third-order valence-electron chi connectivity index (χ3n) is 1.41. The van der Waals surface area contributed by atoms with Gasteiger partial charge in [0.2, 0.25) is 0 Å². The first-order chi connectivity index (χ1) is 4.50. The summed E-state index contributed by atoms with van der Waals surface area (Å²) in [6.07, 6.45) is 0. The van der Waals surface area contributed by atoms with Crippen LogP contribution in [0.3, 0.4) is 0 Å². The van der Waals surface area contributed by atoms with Gasteiger partial charge in [-0.25, -0.2) is 0 Å². The molecule has 0 aliphatic rings. The van der Waals surface area contributed by atoms with Gasteiger partial charge in [-0.3, -0.25) is 0 Å². The Morgan fingerprint density at radius 3 is 2.20 bits per heavy atom. The van der Waals surface area contributed by atoms with Gasteiger partial charge < -0.3 is 0 Å². The Hall–Kier alpha value is -0.300. The molecule has 0 N–H and O–H groups in total. The minimum atomic E-state index is 0.301. The molecule has 0 spiro atoms. The summed E-state index contributed by atoms with van der Waals surface area (Å²) in [4.78, 5) is 1.42. The third-order valence-corrected chi connectivity index (χ3v) is 2.78. The van der Waals surface area contributed by atoms with Crippen molar-refractivity contribution in [1.82, 2.24) is 0 Å². The second-order valence-electron chi connectivity index (χ2n) is 3.65. The molecule has 0 aliphatic carbocycles. The van der Waals surface area contributed by atoms with Crippen LogP contribution in [0.4, 0.5) is 0 Å². The lowest BCUT2D eigenvalue weighted by Crippen LogP contribution is -2.07. The van der Waals surface area contributed by atoms with Gasteiger partial charge >= 0.3 is 0 Å². The summed E-state index contributed by atoms with van der Waals surface area (Å²) in [7, 11) is 0. The molecular formula is C9H13S. The largest absolute Gasteiger partial charge is 0.139 e. The molecule has 0 amide bonds. The lowest BCUT2D eigenvalue weighted by atomic mass is 9.94. The Balaban J connectivity index is 2.96. The SMILES string of the molecule is Cc1[c]sc(C(C)(C)C)c1. The molecule has 0 unspecified atom stereocenters. The van der Waals surface area contributed by atoms with Gasteiger partial charge in [-0.2, -0.15) is 0 Å². The molecule has 0 atom stereocenters. The lowest BCUT2D eigenvalue weighted by molar-refractivity contribution is 0.603. The average Bonchev–Trinajstić information content (AvgIpc) is 2.11. The highest BCUT2D eigenvalue weighted by molar-refractivity contribution is 7.09. The van der Waals surface area contributed by atoms with Gasteiger partial charge in [0.1, 0.15) is 0 Å². The Bertz CT molecular complexity index is 215. The van der Waals surface area contributed by atoms with Gasteiger partial charge in [-0.15, -0.1) is 11.3 Å². The highest BCUT2D eigenvalue weighted by Crippen LogP contribution is 2.27. The first-order valence-corrected chi connectivity index (χ1v) is 4.30. The summed E-state index contributed by atoms with van der Waals surface area (Å²) in [6.45, 7) is 8.77. The molecule has 1 heterocycles. The summed E-state index contributed by atoms with van der Waals surface area (Å²) < 4.78 is 0. The van der Waals surface area contributed by atoms with Crippen LogP contribution in [0.25, 0.3) is 0 Å². The van der Waals surface area contributed by atoms with E-state index in [1.807, 2.05) is 0 Å². The fraction of sp³-hybridized carbons (Fsp3) is 0.556. The fourth-order valence-electron chi connectivity index (χ4n) is 0.761. The smallest absolute Gasteiger partial charge is 0.0477 e. The van der Waals surface area contributed by atoms with Crippen molar-refractivity contribution in [2.24, 2.45) is 0 Å². The van der Waals surface area contributed by atoms with Gasteiger partial charge in [-0.1, -0.05) is 20.8 Å². The van der Waals surface area contributed by atoms with Crippen LogP contribution in [0.15, 0.2) is 6.07 Å². The Morgan fingerprint density at radius 1 is 1.40 bits per heavy atom. The summed E-state index contributed by atoms with van der Waals surface area (Å²) in [5.74, 6) is 0. The Morgan fingerprint density at radius 2 is 2.00 bits per heavy atom. The molecule has 0 nitrogen and oxygen atoms in total. The van der Waals surface area contributed by atoms with Gasteiger partial charge in [0, 0.05) is 10.3 Å². The minimum Gasteiger partial charge on any atom is -0.139 e. The van der Waals surface area contributed by atoms with E-state index < -0.39 is 0 Å². The quantitative estimate of drug-likeness (QED) is 0.537. The zero-order valence-electron chi connectivity index (χ0n) is 6.99. The van der Waals surface area contributed by atoms with Crippen molar-refractivity contribution in [3.05, 3.63) is 21.9 Å². The van der Waals surface area contributed by atoms with Crippen molar-refractivity contribution in [3.8, 4) is 0 Å². The average molecular weight is 153 g/mol. The number of thiophene rings is 1. The molecule has 0 aliphatic heterocycles. The van der Waals surface area contributed by atoms with Crippen molar-refractivity contribution < 1.29 is 0 Å². The summed E-state index contributed by atoms with van der Waals surface area (Å²) >= 11 is 1.73. The van der Waals surface area contributed by atoms with E-state index in [2.05, 4.69) is 39.1 Å². The molecule has 1 aromatic rings. The molecule has 0 saturated heterocycles. The van der Waals surface area contributed by atoms with E-state index in [1.54, 1.807) is 11.3 Å². The second-order valence-corrected chi connectivity index (χ2v) is 4.49. The van der Waals surface area contributed by atoms with Crippen LogP contribution >= 0.6 is 11.3 Å². The first-order valence-electron chi connectivity index (χ1n) is 3.49. The summed E-state index contributed by atoms with van der Waals surface area (Å²) in [5.41, 5.74) is 1.56. The molecule has 1 heteroatoms. The molecule has 0 saturated carbocycles. The van der Waals surface area contributed by atoms with Crippen LogP contribution in [-0.4, -0.2) is 0 Å². The molecule has 0 bridgehead atoms. The number of hydrogen-bond acceptors (Lipinski definition) is 1. The second kappa shape index (κ2) is 2.39. The van der Waals surface area contributed by atoms with E-state index in [0.29, 0.717) is 5.41 Å². The maximum absolute atomic E-state index is 3.22. The minimum absolute atomic E-state index is 0.301. The van der Waals surface area contributed by atoms with Crippen molar-refractivity contribution in [1.29, 1.82) is 0 Å². The monoisotopic (exact) mass is 153 g/mol. The van der Waals surface area contributed by atoms with Crippen LogP contribution in [0.2, 0.25) is 0 Å². The summed E-state index contributed by atoms with van der Waals surface area (Å²) in [6, 6.07) is 2.21. The van der Waals surface area contributed by atoms with Gasteiger partial charge in [-0.05, 0) is 24.0 Å². The number of aryl methyl sites for hydroxylation is 1. The maximum Gasteiger partial charge on any atom is 0.0477 e. The maximum atomic E-state index is 3.22. The van der Waals surface area contributed by atoms with E-state index in [9.17, 15) is 0 Å². The molecule has 0 fully saturated rings. The molecule has 1 radical (unpaired) electrons. The topological polar surface area (TPSA) is 0 Å². The molecule has 1 aromatic heterocycles. The van der Waals surface area contributed by atoms with Crippen LogP contribution in [0.1, 0.15) is 31.2 Å². The van der Waals surface area contributed by atoms with Crippen molar-refractivity contribution in [2.75, 3.05) is 0 Å². The van der Waals surface area contributed by atoms with Crippen molar-refractivity contribution >= 4 is 11.3 Å². The first kappa shape index (κ1) is 7.80. The van der Waals surface area contributed by atoms with Gasteiger partial charge in [0.15, 0.2) is 0 Å². The number of hydrogen-bond donors (Lipinski definition) is 0. The van der Waals surface area contributed by atoms with E-state index in [4.69, 9.17) is 0 Å². The molecule has 10 heavy (non-hydrogen) atoms. The zero-order valence-corrected chi connectivity index (χ0v) is 7.80. The van der Waals surface area contributed by atoms with Gasteiger partial charge in [0.25, 0.3) is 0 Å². The molecule has 1 rings (SSSR count). The number of rotatable bonds is 0. The molecule has 0 aromatic carbocycles. The zero-order chi connectivity index (χ0) is 7.78. The van der Waals surface area contributed by atoms with E-state index >= 15 is 0 Å². The van der Waals surface area contributed by atoms with Crippen LogP contribution in [-0.2, 0) is 5.41 Å². The highest BCUT2D eigenvalue weighted by atomic mass is 32.1. The van der Waals surface area contributed by atoms with Crippen LogP contribution in [0.5, 0.6) is 0 Å². The normalized spacial score (nSPS) is 12.0. The van der Waals surface area contributed by atoms with Crippen molar-refractivity contribution in [2.45, 2.75) is 33.1 Å². The Labute approximate surface area is 66.9 Å². The predicted octanol–water partition coefficient (Wildman–Crippen LogP) is 3.15. The van der Waals surface area contributed by atoms with Crippen LogP contribution < -0.4 is 0 Å². The predicted molar refractivity (Wildman–Crippen MR) is 46.6 cm³/mol. The summed E-state index contributed by atoms with van der Waals surface area (Å²) in [5, 5.41) is 3.22. The van der Waals surface area contributed by atoms with E-state index in [0.717, 1.165) is 0 Å². The van der Waals surface area contributed by atoms with E-state index in [1.165, 1.54) is 10.4 Å². The lowest BCUT2D eigenvalue weighted by Gasteiger charge is -2.14. The Kier molecular flexibility index (Phi) is 1.86. The fourth-order valence-corrected chi connectivity index (χ4v) is 1.63. The standard InChI is InChI=1S/C9H13S/c1-7-5-8(10-6-7)9(2,3)4/h5H,1-4H3. The highest BCUT2D eigenvalue weighted by Gasteiger charge is 2.14. The van der Waals surface area contributed by atoms with Crippen LogP contribution in [0, 0.1) is 12.3 Å². The van der Waals surface area contributed by atoms with E-state index in [-0.39, 0.29) is 0 Å². The third kappa shape index (κ3) is 1.60. The van der Waals surface area contributed by atoms with Crippen molar-refractivity contribution in [3.63, 3.8) is 0 Å². The molecular weight excluding hydrogens is 140 g/mol.